The van der Waals surface area contributed by atoms with E-state index in [1.165, 1.54) is 12.3 Å². The maximum Gasteiger partial charge on any atom is 0.305 e. The summed E-state index contributed by atoms with van der Waals surface area (Å²) in [5.41, 5.74) is 1.41. The number of anilines is 3. The van der Waals surface area contributed by atoms with Gasteiger partial charge in [0.05, 0.1) is 24.8 Å². The highest BCUT2D eigenvalue weighted by molar-refractivity contribution is 7.90. The minimum Gasteiger partial charge on any atom is -0.466 e. The monoisotopic (exact) mass is 612 g/mol. The Hall–Kier alpha value is -4.43. The topological polar surface area (TPSA) is 169 Å². The van der Waals surface area contributed by atoms with Gasteiger partial charge in [0.1, 0.15) is 16.5 Å². The zero-order chi connectivity index (χ0) is 30.8. The van der Waals surface area contributed by atoms with E-state index in [1.807, 2.05) is 30.3 Å². The number of nitrogens with one attached hydrogen (secondary N) is 2. The molecule has 0 saturated heterocycles. The summed E-state index contributed by atoms with van der Waals surface area (Å²) in [4.78, 5) is 19.9. The fourth-order valence-electron chi connectivity index (χ4n) is 4.22. The molecule has 0 unspecified atom stereocenters. The molecule has 0 fully saturated rings. The summed E-state index contributed by atoms with van der Waals surface area (Å²) in [6.45, 7) is 1.88. The molecule has 0 amide bonds. The van der Waals surface area contributed by atoms with E-state index in [9.17, 15) is 22.7 Å². The summed E-state index contributed by atoms with van der Waals surface area (Å²) in [5, 5.41) is 24.5. The Morgan fingerprint density at radius 3 is 2.60 bits per heavy atom. The molecule has 0 aliphatic rings. The van der Waals surface area contributed by atoms with E-state index in [-0.39, 0.29) is 35.9 Å². The van der Waals surface area contributed by atoms with E-state index >= 15 is 0 Å². The molecule has 0 aliphatic heterocycles. The average Bonchev–Trinajstić information content (AvgIpc) is 3.44. The van der Waals surface area contributed by atoms with Crippen molar-refractivity contribution in [2.24, 2.45) is 0 Å². The third kappa shape index (κ3) is 8.78. The molecule has 228 valence electrons. The van der Waals surface area contributed by atoms with Crippen LogP contribution < -0.4 is 10.6 Å². The Bertz CT molecular complexity index is 1630. The number of aliphatic hydroxyl groups excluding tert-OH is 1. The lowest BCUT2D eigenvalue weighted by atomic mass is 10.1. The molecule has 4 aromatic rings. The number of carbonyl (C=O) groups excluding carboxylic acids is 1. The SMILES string of the molecule is CCOC(=O)CCCCCc1nnc(-c2cnc(Nc3ccc(S(C)(=O)=O)c(F)c3)nc2N[C@H](CO)c2ccccc2)o1. The summed E-state index contributed by atoms with van der Waals surface area (Å²) in [6, 6.07) is 12.3. The molecule has 2 aromatic carbocycles. The van der Waals surface area contributed by atoms with E-state index in [0.29, 0.717) is 37.3 Å². The summed E-state index contributed by atoms with van der Waals surface area (Å²) >= 11 is 0. The number of rotatable bonds is 15. The quantitative estimate of drug-likeness (QED) is 0.126. The van der Waals surface area contributed by atoms with Gasteiger partial charge in [0.2, 0.25) is 11.8 Å². The normalized spacial score (nSPS) is 12.1. The first-order chi connectivity index (χ1) is 20.7. The Morgan fingerprint density at radius 1 is 1.12 bits per heavy atom. The number of hydrogen-bond acceptors (Lipinski definition) is 12. The van der Waals surface area contributed by atoms with Crippen LogP contribution in [0.2, 0.25) is 0 Å². The number of aromatic nitrogens is 4. The summed E-state index contributed by atoms with van der Waals surface area (Å²) < 4.78 is 48.9. The second-order valence-corrected chi connectivity index (χ2v) is 11.6. The van der Waals surface area contributed by atoms with Crippen LogP contribution in [-0.2, 0) is 25.8 Å². The Morgan fingerprint density at radius 2 is 1.91 bits per heavy atom. The predicted molar refractivity (Wildman–Crippen MR) is 157 cm³/mol. The van der Waals surface area contributed by atoms with Crippen molar-refractivity contribution in [1.29, 1.82) is 0 Å². The zero-order valence-electron chi connectivity index (χ0n) is 23.8. The van der Waals surface area contributed by atoms with Gasteiger partial charge in [0, 0.05) is 31.0 Å². The van der Waals surface area contributed by atoms with Gasteiger partial charge >= 0.3 is 5.97 Å². The van der Waals surface area contributed by atoms with Crippen molar-refractivity contribution in [1.82, 2.24) is 20.2 Å². The Labute approximate surface area is 248 Å². The number of benzene rings is 2. The minimum atomic E-state index is -3.73. The van der Waals surface area contributed by atoms with Crippen molar-refractivity contribution in [2.75, 3.05) is 30.1 Å². The van der Waals surface area contributed by atoms with Crippen molar-refractivity contribution < 1.29 is 31.9 Å². The number of esters is 1. The van der Waals surface area contributed by atoms with Crippen LogP contribution in [0.5, 0.6) is 0 Å². The first-order valence-corrected chi connectivity index (χ1v) is 15.6. The molecule has 2 heterocycles. The highest BCUT2D eigenvalue weighted by Gasteiger charge is 2.20. The van der Waals surface area contributed by atoms with Crippen LogP contribution >= 0.6 is 0 Å². The fourth-order valence-corrected chi connectivity index (χ4v) is 4.95. The molecule has 3 N–H and O–H groups in total. The molecule has 0 saturated carbocycles. The molecule has 14 heteroatoms. The first kappa shape index (κ1) is 31.5. The zero-order valence-corrected chi connectivity index (χ0v) is 24.6. The van der Waals surface area contributed by atoms with Crippen LogP contribution in [0.15, 0.2) is 64.0 Å². The van der Waals surface area contributed by atoms with E-state index in [1.54, 1.807) is 6.92 Å². The third-order valence-corrected chi connectivity index (χ3v) is 7.48. The van der Waals surface area contributed by atoms with E-state index < -0.39 is 26.6 Å². The van der Waals surface area contributed by atoms with Gasteiger partial charge in [-0.1, -0.05) is 36.8 Å². The highest BCUT2D eigenvalue weighted by Crippen LogP contribution is 2.30. The summed E-state index contributed by atoms with van der Waals surface area (Å²) in [7, 11) is -3.73. The van der Waals surface area contributed by atoms with Gasteiger partial charge in [-0.2, -0.15) is 4.98 Å². The van der Waals surface area contributed by atoms with Gasteiger partial charge in [0.25, 0.3) is 5.89 Å². The lowest BCUT2D eigenvalue weighted by molar-refractivity contribution is -0.143. The molecule has 1 atom stereocenters. The van der Waals surface area contributed by atoms with Crippen molar-refractivity contribution in [3.8, 4) is 11.5 Å². The van der Waals surface area contributed by atoms with Crippen molar-refractivity contribution >= 4 is 33.3 Å². The summed E-state index contributed by atoms with van der Waals surface area (Å²) in [5.74, 6) is -0.229. The van der Waals surface area contributed by atoms with Gasteiger partial charge in [-0.3, -0.25) is 4.79 Å². The lowest BCUT2D eigenvalue weighted by Crippen LogP contribution is -2.17. The van der Waals surface area contributed by atoms with Crippen LogP contribution in [0.25, 0.3) is 11.5 Å². The molecule has 2 aromatic heterocycles. The van der Waals surface area contributed by atoms with Crippen LogP contribution in [0.4, 0.5) is 21.8 Å². The third-order valence-electron chi connectivity index (χ3n) is 6.35. The number of sulfone groups is 1. The standard InChI is InChI=1S/C29H33FN6O6S/c1-3-41-26(38)13-9-5-8-12-25-35-36-28(42-25)21-17-31-29(32-20-14-15-24(22(30)16-20)43(2,39)40)34-27(21)33-23(18-37)19-10-6-4-7-11-19/h4,6-7,10-11,14-17,23,37H,3,5,8-9,12-13,18H2,1-2H3,(H2,31,32,33,34)/t23-/m1/s1. The van der Waals surface area contributed by atoms with Gasteiger partial charge in [0.15, 0.2) is 9.84 Å². The molecule has 12 nitrogen and oxygen atoms in total. The van der Waals surface area contributed by atoms with Gasteiger partial charge in [-0.25, -0.2) is 17.8 Å². The fraction of sp³-hybridized carbons (Fsp3) is 0.345. The van der Waals surface area contributed by atoms with Gasteiger partial charge in [-0.05, 0) is 43.5 Å². The van der Waals surface area contributed by atoms with Crippen LogP contribution in [0, 0.1) is 5.82 Å². The minimum absolute atomic E-state index is 0.0730. The molecule has 0 radical (unpaired) electrons. The second kappa shape index (κ2) is 14.6. The van der Waals surface area contributed by atoms with Crippen molar-refractivity contribution in [3.63, 3.8) is 0 Å². The number of carbonyl (C=O) groups is 1. The smallest absolute Gasteiger partial charge is 0.305 e. The van der Waals surface area contributed by atoms with Crippen LogP contribution in [0.1, 0.15) is 50.1 Å². The molecule has 0 bridgehead atoms. The Kier molecular flexibility index (Phi) is 10.7. The van der Waals surface area contributed by atoms with E-state index in [4.69, 9.17) is 9.15 Å². The number of unbranched alkanes of at least 4 members (excludes halogenated alkanes) is 2. The van der Waals surface area contributed by atoms with Crippen LogP contribution in [0.3, 0.4) is 0 Å². The average molecular weight is 613 g/mol. The number of ether oxygens (including phenoxy) is 1. The molecular weight excluding hydrogens is 579 g/mol. The molecule has 43 heavy (non-hydrogen) atoms. The number of hydrogen-bond donors (Lipinski definition) is 3. The molecule has 0 spiro atoms. The Balaban J connectivity index is 1.55. The first-order valence-electron chi connectivity index (χ1n) is 13.7. The molecular formula is C29H33FN6O6S. The predicted octanol–water partition coefficient (Wildman–Crippen LogP) is 4.62. The van der Waals surface area contributed by atoms with E-state index in [0.717, 1.165) is 36.8 Å². The van der Waals surface area contributed by atoms with Gasteiger partial charge < -0.3 is 24.9 Å². The number of nitrogens with zero attached hydrogens (tertiary/aromatic N) is 4. The van der Waals surface area contributed by atoms with Crippen molar-refractivity contribution in [3.05, 3.63) is 72.0 Å². The number of aryl methyl sites for hydroxylation is 1. The van der Waals surface area contributed by atoms with Crippen molar-refractivity contribution in [2.45, 2.75) is 50.0 Å². The second-order valence-electron chi connectivity index (χ2n) is 9.66. The lowest BCUT2D eigenvalue weighted by Gasteiger charge is -2.19. The van der Waals surface area contributed by atoms with Gasteiger partial charge in [-0.15, -0.1) is 10.2 Å². The maximum absolute atomic E-state index is 14.5. The summed E-state index contributed by atoms with van der Waals surface area (Å²) in [6.07, 6.45) is 5.47. The largest absolute Gasteiger partial charge is 0.466 e. The van der Waals surface area contributed by atoms with Crippen LogP contribution in [-0.4, -0.2) is 59.1 Å². The number of aliphatic hydroxyl groups is 1. The molecule has 0 aliphatic carbocycles. The maximum atomic E-state index is 14.5. The van der Waals surface area contributed by atoms with E-state index in [2.05, 4.69) is 30.8 Å². The number of halogens is 1. The molecule has 4 rings (SSSR count). The highest BCUT2D eigenvalue weighted by atomic mass is 32.2.